The van der Waals surface area contributed by atoms with E-state index in [2.05, 4.69) is 42.2 Å². The average molecular weight is 432 g/mol. The fourth-order valence-corrected chi connectivity index (χ4v) is 5.56. The SMILES string of the molecule is CCCN1CCC(=C2c3ccccc3CCc3sc(C(=O)OCC)cc32)CC1.Cl. The highest BCUT2D eigenvalue weighted by Crippen LogP contribution is 2.41. The lowest BCUT2D eigenvalue weighted by atomic mass is 9.87. The monoisotopic (exact) mass is 431 g/mol. The van der Waals surface area contributed by atoms with Crippen molar-refractivity contribution in [1.82, 2.24) is 4.90 Å². The van der Waals surface area contributed by atoms with Crippen LogP contribution in [0.25, 0.3) is 5.57 Å². The standard InChI is InChI=1S/C24H29NO2S.ClH/c1-3-13-25-14-11-18(12-15-25)23-19-8-6-5-7-17(19)9-10-21-20(23)16-22(28-21)24(26)27-4-2;/h5-8,16H,3-4,9-15H2,1-2H3;1H. The number of aryl methyl sites for hydroxylation is 2. The number of esters is 1. The smallest absolute Gasteiger partial charge is 0.348 e. The molecular formula is C24H30ClNO2S. The van der Waals surface area contributed by atoms with Gasteiger partial charge in [-0.15, -0.1) is 23.7 Å². The summed E-state index contributed by atoms with van der Waals surface area (Å²) in [7, 11) is 0. The molecule has 0 N–H and O–H groups in total. The number of fused-ring (bicyclic) bond motifs is 2. The Hall–Kier alpha value is -1.62. The van der Waals surface area contributed by atoms with Crippen molar-refractivity contribution in [2.24, 2.45) is 0 Å². The Morgan fingerprint density at radius 3 is 2.55 bits per heavy atom. The largest absolute Gasteiger partial charge is 0.462 e. The molecule has 3 nitrogen and oxygen atoms in total. The van der Waals surface area contributed by atoms with Crippen molar-refractivity contribution in [3.8, 4) is 0 Å². The molecule has 0 spiro atoms. The fourth-order valence-electron chi connectivity index (χ4n) is 4.50. The van der Waals surface area contributed by atoms with E-state index in [9.17, 15) is 4.79 Å². The summed E-state index contributed by atoms with van der Waals surface area (Å²) >= 11 is 1.62. The second kappa shape index (κ2) is 9.92. The highest BCUT2D eigenvalue weighted by Gasteiger charge is 2.26. The van der Waals surface area contributed by atoms with Crippen molar-refractivity contribution in [1.29, 1.82) is 0 Å². The third kappa shape index (κ3) is 4.60. The van der Waals surface area contributed by atoms with Crippen LogP contribution in [0.4, 0.5) is 0 Å². The summed E-state index contributed by atoms with van der Waals surface area (Å²) in [5.74, 6) is -0.184. The minimum Gasteiger partial charge on any atom is -0.462 e. The van der Waals surface area contributed by atoms with Crippen LogP contribution in [0.3, 0.4) is 0 Å². The van der Waals surface area contributed by atoms with Crippen molar-refractivity contribution >= 4 is 35.3 Å². The van der Waals surface area contributed by atoms with E-state index >= 15 is 0 Å². The number of benzene rings is 1. The molecule has 0 saturated carbocycles. The van der Waals surface area contributed by atoms with Crippen molar-refractivity contribution in [3.63, 3.8) is 0 Å². The second-order valence-corrected chi connectivity index (χ2v) is 8.78. The van der Waals surface area contributed by atoms with Crippen molar-refractivity contribution in [2.45, 2.75) is 46.0 Å². The molecule has 1 saturated heterocycles. The number of hydrogen-bond donors (Lipinski definition) is 0. The lowest BCUT2D eigenvalue weighted by molar-refractivity contribution is 0.0532. The third-order valence-electron chi connectivity index (χ3n) is 5.82. The molecule has 1 aromatic heterocycles. The molecule has 0 radical (unpaired) electrons. The van der Waals surface area contributed by atoms with Crippen LogP contribution >= 0.6 is 23.7 Å². The molecule has 1 aliphatic carbocycles. The summed E-state index contributed by atoms with van der Waals surface area (Å²) in [6, 6.07) is 10.9. The van der Waals surface area contributed by atoms with Gasteiger partial charge in [0.15, 0.2) is 0 Å². The lowest BCUT2D eigenvalue weighted by Gasteiger charge is -2.30. The van der Waals surface area contributed by atoms with E-state index < -0.39 is 0 Å². The number of carbonyl (C=O) groups is 1. The van der Waals surface area contributed by atoms with E-state index in [1.165, 1.54) is 40.1 Å². The van der Waals surface area contributed by atoms with E-state index in [0.29, 0.717) is 6.61 Å². The second-order valence-electron chi connectivity index (χ2n) is 7.65. The zero-order valence-electron chi connectivity index (χ0n) is 17.3. The lowest BCUT2D eigenvalue weighted by Crippen LogP contribution is -2.31. The minimum atomic E-state index is -0.184. The number of hydrogen-bond acceptors (Lipinski definition) is 4. The quantitative estimate of drug-likeness (QED) is 0.577. The molecule has 2 aromatic rings. The van der Waals surface area contributed by atoms with Gasteiger partial charge in [0.1, 0.15) is 4.88 Å². The van der Waals surface area contributed by atoms with E-state index in [1.807, 2.05) is 6.92 Å². The van der Waals surface area contributed by atoms with Crippen LogP contribution in [-0.2, 0) is 17.6 Å². The zero-order valence-corrected chi connectivity index (χ0v) is 19.0. The summed E-state index contributed by atoms with van der Waals surface area (Å²) in [5, 5.41) is 0. The molecule has 1 fully saturated rings. The zero-order chi connectivity index (χ0) is 19.5. The van der Waals surface area contributed by atoms with Gasteiger partial charge in [-0.2, -0.15) is 0 Å². The van der Waals surface area contributed by atoms with Crippen molar-refractivity contribution in [3.05, 3.63) is 62.3 Å². The molecule has 5 heteroatoms. The van der Waals surface area contributed by atoms with Gasteiger partial charge in [0.05, 0.1) is 6.61 Å². The molecule has 4 rings (SSSR count). The number of halogens is 1. The molecule has 0 bridgehead atoms. The summed E-state index contributed by atoms with van der Waals surface area (Å²) in [4.78, 5) is 17.0. The molecular weight excluding hydrogens is 402 g/mol. The van der Waals surface area contributed by atoms with E-state index in [1.54, 1.807) is 16.9 Å². The van der Waals surface area contributed by atoms with Crippen molar-refractivity contribution < 1.29 is 9.53 Å². The van der Waals surface area contributed by atoms with Gasteiger partial charge in [-0.3, -0.25) is 0 Å². The normalized spacial score (nSPS) is 16.5. The Labute approximate surface area is 184 Å². The van der Waals surface area contributed by atoms with Gasteiger partial charge >= 0.3 is 5.97 Å². The first-order valence-corrected chi connectivity index (χ1v) is 11.4. The minimum absolute atomic E-state index is 0. The highest BCUT2D eigenvalue weighted by atomic mass is 35.5. The van der Waals surface area contributed by atoms with Gasteiger partial charge in [0.25, 0.3) is 0 Å². The number of likely N-dealkylation sites (tertiary alicyclic amines) is 1. The first-order valence-electron chi connectivity index (χ1n) is 10.5. The van der Waals surface area contributed by atoms with Crippen LogP contribution in [0.1, 0.15) is 64.3 Å². The number of carbonyl (C=O) groups excluding carboxylic acids is 1. The Balaban J connectivity index is 0.00000240. The first-order chi connectivity index (χ1) is 13.7. The van der Waals surface area contributed by atoms with Gasteiger partial charge in [0.2, 0.25) is 0 Å². The first kappa shape index (κ1) is 22.1. The average Bonchev–Trinajstić information content (AvgIpc) is 3.07. The van der Waals surface area contributed by atoms with Gasteiger partial charge in [-0.25, -0.2) is 4.79 Å². The Morgan fingerprint density at radius 1 is 1.07 bits per heavy atom. The van der Waals surface area contributed by atoms with E-state index in [0.717, 1.165) is 43.6 Å². The van der Waals surface area contributed by atoms with E-state index in [-0.39, 0.29) is 18.4 Å². The Bertz CT molecular complexity index is 892. The maximum atomic E-state index is 12.4. The van der Waals surface area contributed by atoms with Gasteiger partial charge in [-0.05, 0) is 73.9 Å². The summed E-state index contributed by atoms with van der Waals surface area (Å²) in [5.41, 5.74) is 7.02. The molecule has 156 valence electrons. The predicted octanol–water partition coefficient (Wildman–Crippen LogP) is 5.75. The molecule has 29 heavy (non-hydrogen) atoms. The predicted molar refractivity (Wildman–Crippen MR) is 123 cm³/mol. The van der Waals surface area contributed by atoms with Crippen LogP contribution in [0, 0.1) is 0 Å². The maximum absolute atomic E-state index is 12.4. The molecule has 1 aliphatic heterocycles. The fraction of sp³-hybridized carbons (Fsp3) is 0.458. The molecule has 0 unspecified atom stereocenters. The highest BCUT2D eigenvalue weighted by molar-refractivity contribution is 7.14. The molecule has 2 aliphatic rings. The Morgan fingerprint density at radius 2 is 1.83 bits per heavy atom. The molecule has 0 atom stereocenters. The van der Waals surface area contributed by atoms with Crippen LogP contribution in [-0.4, -0.2) is 37.1 Å². The third-order valence-corrected chi connectivity index (χ3v) is 6.99. The van der Waals surface area contributed by atoms with Gasteiger partial charge in [-0.1, -0.05) is 36.8 Å². The molecule has 2 heterocycles. The number of nitrogens with zero attached hydrogens (tertiary/aromatic N) is 1. The summed E-state index contributed by atoms with van der Waals surface area (Å²) in [6.07, 6.45) is 5.48. The van der Waals surface area contributed by atoms with Crippen LogP contribution < -0.4 is 0 Å². The number of ether oxygens (including phenoxy) is 1. The summed E-state index contributed by atoms with van der Waals surface area (Å²) < 4.78 is 5.28. The molecule has 1 aromatic carbocycles. The van der Waals surface area contributed by atoms with Crippen LogP contribution in [0.15, 0.2) is 35.9 Å². The number of thiophene rings is 1. The Kier molecular flexibility index (Phi) is 7.55. The van der Waals surface area contributed by atoms with E-state index in [4.69, 9.17) is 4.74 Å². The summed E-state index contributed by atoms with van der Waals surface area (Å²) in [6.45, 7) is 8.01. The molecule has 0 amide bonds. The van der Waals surface area contributed by atoms with Crippen molar-refractivity contribution in [2.75, 3.05) is 26.2 Å². The van der Waals surface area contributed by atoms with Gasteiger partial charge < -0.3 is 9.64 Å². The van der Waals surface area contributed by atoms with Crippen LogP contribution in [0.5, 0.6) is 0 Å². The maximum Gasteiger partial charge on any atom is 0.348 e. The van der Waals surface area contributed by atoms with Crippen LogP contribution in [0.2, 0.25) is 0 Å². The number of rotatable bonds is 4. The number of piperidine rings is 1. The topological polar surface area (TPSA) is 29.5 Å². The van der Waals surface area contributed by atoms with Gasteiger partial charge in [0, 0.05) is 18.0 Å².